The first kappa shape index (κ1) is 19.5. The Balaban J connectivity index is 1.61. The number of fused-ring (bicyclic) bond motifs is 1. The summed E-state index contributed by atoms with van der Waals surface area (Å²) in [4.78, 5) is 20.1. The first-order valence-corrected chi connectivity index (χ1v) is 10.0. The zero-order valence-corrected chi connectivity index (χ0v) is 17.2. The van der Waals surface area contributed by atoms with Crippen LogP contribution in [0.3, 0.4) is 0 Å². The van der Waals surface area contributed by atoms with Crippen LogP contribution in [0.1, 0.15) is 38.9 Å². The van der Waals surface area contributed by atoms with Crippen LogP contribution < -0.4 is 5.32 Å². The lowest BCUT2D eigenvalue weighted by atomic mass is 10.0. The summed E-state index contributed by atoms with van der Waals surface area (Å²) < 4.78 is 7.18. The average molecular weight is 393 g/mol. The lowest BCUT2D eigenvalue weighted by Crippen LogP contribution is -2.43. The predicted octanol–water partition coefficient (Wildman–Crippen LogP) is 2.46. The number of aryl methyl sites for hydroxylation is 3. The largest absolute Gasteiger partial charge is 0.379 e. The van der Waals surface area contributed by atoms with Gasteiger partial charge in [-0.25, -0.2) is 9.50 Å². The number of benzene rings is 1. The standard InChI is InChI=1S/C22H27N5O2/c1-15-4-6-18(7-5-15)20(14-26-8-10-29-11-9-26)25-22(28)19-13-23-27-17(3)12-16(2)24-21(19)27/h4-7,12-13,20H,8-11,14H2,1-3H3,(H,25,28). The van der Waals surface area contributed by atoms with E-state index in [1.165, 1.54) is 5.56 Å². The third-order valence-electron chi connectivity index (χ3n) is 5.35. The molecule has 2 aromatic heterocycles. The van der Waals surface area contributed by atoms with Gasteiger partial charge in [-0.15, -0.1) is 0 Å². The second kappa shape index (κ2) is 8.31. The molecule has 7 nitrogen and oxygen atoms in total. The Hall–Kier alpha value is -2.77. The van der Waals surface area contributed by atoms with Crippen LogP contribution in [0.15, 0.2) is 36.5 Å². The normalized spacial score (nSPS) is 16.1. The number of ether oxygens (including phenoxy) is 1. The van der Waals surface area contributed by atoms with Gasteiger partial charge in [0.25, 0.3) is 5.91 Å². The molecule has 0 radical (unpaired) electrons. The molecule has 1 atom stereocenters. The highest BCUT2D eigenvalue weighted by molar-refractivity contribution is 5.99. The van der Waals surface area contributed by atoms with Crippen molar-refractivity contribution in [2.75, 3.05) is 32.8 Å². The van der Waals surface area contributed by atoms with Crippen molar-refractivity contribution in [3.8, 4) is 0 Å². The first-order chi connectivity index (χ1) is 14.0. The van der Waals surface area contributed by atoms with E-state index in [1.807, 2.05) is 19.9 Å². The smallest absolute Gasteiger partial charge is 0.257 e. The molecule has 1 fully saturated rings. The van der Waals surface area contributed by atoms with E-state index in [4.69, 9.17) is 4.74 Å². The molecule has 7 heteroatoms. The first-order valence-electron chi connectivity index (χ1n) is 10.0. The van der Waals surface area contributed by atoms with E-state index in [1.54, 1.807) is 10.7 Å². The van der Waals surface area contributed by atoms with Gasteiger partial charge in [0, 0.05) is 31.0 Å². The highest BCUT2D eigenvalue weighted by atomic mass is 16.5. The highest BCUT2D eigenvalue weighted by Crippen LogP contribution is 2.19. The van der Waals surface area contributed by atoms with Gasteiger partial charge in [-0.1, -0.05) is 29.8 Å². The molecule has 1 unspecified atom stereocenters. The van der Waals surface area contributed by atoms with Crippen molar-refractivity contribution in [2.45, 2.75) is 26.8 Å². The summed E-state index contributed by atoms with van der Waals surface area (Å²) in [7, 11) is 0. The number of nitrogens with one attached hydrogen (secondary N) is 1. The number of aromatic nitrogens is 3. The molecule has 3 heterocycles. The minimum absolute atomic E-state index is 0.123. The molecule has 0 saturated carbocycles. The number of rotatable bonds is 5. The van der Waals surface area contributed by atoms with Gasteiger partial charge < -0.3 is 10.1 Å². The van der Waals surface area contributed by atoms with Crippen LogP contribution in [0.4, 0.5) is 0 Å². The number of amides is 1. The number of hydrogen-bond acceptors (Lipinski definition) is 5. The lowest BCUT2D eigenvalue weighted by molar-refractivity contribution is 0.0332. The fourth-order valence-electron chi connectivity index (χ4n) is 3.74. The number of morpholine rings is 1. The molecule has 0 spiro atoms. The minimum Gasteiger partial charge on any atom is -0.379 e. The van der Waals surface area contributed by atoms with Crippen molar-refractivity contribution in [1.82, 2.24) is 24.8 Å². The predicted molar refractivity (Wildman–Crippen MR) is 111 cm³/mol. The fourth-order valence-corrected chi connectivity index (χ4v) is 3.74. The molecule has 0 bridgehead atoms. The Morgan fingerprint density at radius 2 is 1.90 bits per heavy atom. The number of hydrogen-bond donors (Lipinski definition) is 1. The molecule has 152 valence electrons. The molecule has 1 aliphatic rings. The Bertz CT molecular complexity index is 1010. The fraction of sp³-hybridized carbons (Fsp3) is 0.409. The van der Waals surface area contributed by atoms with Crippen LogP contribution in [-0.2, 0) is 4.74 Å². The second-order valence-corrected chi connectivity index (χ2v) is 7.68. The lowest BCUT2D eigenvalue weighted by Gasteiger charge is -2.31. The van der Waals surface area contributed by atoms with Gasteiger partial charge in [0.15, 0.2) is 5.65 Å². The SMILES string of the molecule is Cc1ccc(C(CN2CCOCC2)NC(=O)c2cnn3c(C)cc(C)nc23)cc1. The summed E-state index contributed by atoms with van der Waals surface area (Å²) in [6.07, 6.45) is 1.60. The quantitative estimate of drug-likeness (QED) is 0.721. The Kier molecular flexibility index (Phi) is 5.60. The van der Waals surface area contributed by atoms with E-state index in [-0.39, 0.29) is 11.9 Å². The molecule has 1 amide bonds. The van der Waals surface area contributed by atoms with E-state index < -0.39 is 0 Å². The van der Waals surface area contributed by atoms with Gasteiger partial charge in [-0.2, -0.15) is 5.10 Å². The molecular formula is C22H27N5O2. The molecular weight excluding hydrogens is 366 g/mol. The minimum atomic E-state index is -0.156. The van der Waals surface area contributed by atoms with Gasteiger partial charge >= 0.3 is 0 Å². The topological polar surface area (TPSA) is 71.8 Å². The Morgan fingerprint density at radius 1 is 1.17 bits per heavy atom. The van der Waals surface area contributed by atoms with E-state index >= 15 is 0 Å². The maximum Gasteiger partial charge on any atom is 0.257 e. The monoisotopic (exact) mass is 393 g/mol. The van der Waals surface area contributed by atoms with Crippen LogP contribution in [0.25, 0.3) is 5.65 Å². The van der Waals surface area contributed by atoms with Crippen LogP contribution in [0, 0.1) is 20.8 Å². The third kappa shape index (κ3) is 4.31. The number of carbonyl (C=O) groups excluding carboxylic acids is 1. The van der Waals surface area contributed by atoms with Gasteiger partial charge in [0.1, 0.15) is 5.56 Å². The van der Waals surface area contributed by atoms with Crippen molar-refractivity contribution in [3.05, 3.63) is 64.6 Å². The van der Waals surface area contributed by atoms with Gasteiger partial charge in [0.2, 0.25) is 0 Å². The number of nitrogens with zero attached hydrogens (tertiary/aromatic N) is 4. The average Bonchev–Trinajstić information content (AvgIpc) is 3.13. The van der Waals surface area contributed by atoms with Crippen molar-refractivity contribution in [1.29, 1.82) is 0 Å². The van der Waals surface area contributed by atoms with E-state index in [0.717, 1.165) is 49.8 Å². The summed E-state index contributed by atoms with van der Waals surface area (Å²) in [6.45, 7) is 9.89. The molecule has 4 rings (SSSR count). The van der Waals surface area contributed by atoms with Crippen LogP contribution in [0.5, 0.6) is 0 Å². The van der Waals surface area contributed by atoms with E-state index in [2.05, 4.69) is 51.5 Å². The van der Waals surface area contributed by atoms with E-state index in [0.29, 0.717) is 11.2 Å². The Labute approximate surface area is 170 Å². The summed E-state index contributed by atoms with van der Waals surface area (Å²) >= 11 is 0. The molecule has 0 aliphatic carbocycles. The molecule has 1 aliphatic heterocycles. The van der Waals surface area contributed by atoms with Crippen LogP contribution >= 0.6 is 0 Å². The summed E-state index contributed by atoms with van der Waals surface area (Å²) in [5.74, 6) is -0.156. The molecule has 3 aromatic rings. The highest BCUT2D eigenvalue weighted by Gasteiger charge is 2.23. The summed E-state index contributed by atoms with van der Waals surface area (Å²) in [5.41, 5.74) is 5.20. The van der Waals surface area contributed by atoms with Gasteiger partial charge in [0.05, 0.1) is 25.5 Å². The van der Waals surface area contributed by atoms with Gasteiger partial charge in [-0.05, 0) is 32.4 Å². The molecule has 1 saturated heterocycles. The summed E-state index contributed by atoms with van der Waals surface area (Å²) in [6, 6.07) is 10.2. The van der Waals surface area contributed by atoms with Gasteiger partial charge in [-0.3, -0.25) is 9.69 Å². The van der Waals surface area contributed by atoms with E-state index in [9.17, 15) is 4.79 Å². The van der Waals surface area contributed by atoms with Crippen LogP contribution in [-0.4, -0.2) is 58.3 Å². The Morgan fingerprint density at radius 3 is 2.62 bits per heavy atom. The number of carbonyl (C=O) groups is 1. The maximum absolute atomic E-state index is 13.2. The maximum atomic E-state index is 13.2. The second-order valence-electron chi connectivity index (χ2n) is 7.68. The zero-order chi connectivity index (χ0) is 20.4. The van der Waals surface area contributed by atoms with Crippen molar-refractivity contribution in [3.63, 3.8) is 0 Å². The third-order valence-corrected chi connectivity index (χ3v) is 5.35. The molecule has 29 heavy (non-hydrogen) atoms. The zero-order valence-electron chi connectivity index (χ0n) is 17.2. The van der Waals surface area contributed by atoms with Crippen LogP contribution in [0.2, 0.25) is 0 Å². The van der Waals surface area contributed by atoms with Crippen molar-refractivity contribution >= 4 is 11.6 Å². The van der Waals surface area contributed by atoms with Crippen molar-refractivity contribution in [2.24, 2.45) is 0 Å². The molecule has 1 aromatic carbocycles. The summed E-state index contributed by atoms with van der Waals surface area (Å²) in [5, 5.41) is 7.57. The molecule has 1 N–H and O–H groups in total. The van der Waals surface area contributed by atoms with Crippen molar-refractivity contribution < 1.29 is 9.53 Å².